The second-order valence-electron chi connectivity index (χ2n) is 14.0. The van der Waals surface area contributed by atoms with E-state index in [2.05, 4.69) is 30.7 Å². The van der Waals surface area contributed by atoms with Crippen LogP contribution in [0.25, 0.3) is 0 Å². The molecule has 1 atom stereocenters. The lowest BCUT2D eigenvalue weighted by Gasteiger charge is -2.45. The molecule has 0 unspecified atom stereocenters. The molecule has 2 aromatic rings. The number of rotatable bonds is 8. The molecule has 7 rings (SSSR count). The number of piperidine rings is 1. The highest BCUT2D eigenvalue weighted by Crippen LogP contribution is 2.38. The van der Waals surface area contributed by atoms with Crippen molar-refractivity contribution in [3.8, 4) is 0 Å². The maximum Gasteiger partial charge on any atom is 0.251 e. The van der Waals surface area contributed by atoms with Crippen LogP contribution in [-0.2, 0) is 4.79 Å². The van der Waals surface area contributed by atoms with E-state index in [4.69, 9.17) is 4.98 Å². The lowest BCUT2D eigenvalue weighted by molar-refractivity contribution is -0.119. The van der Waals surface area contributed by atoms with Crippen LogP contribution < -0.4 is 25.8 Å². The number of hydrogen-bond donors (Lipinski definition) is 3. The van der Waals surface area contributed by atoms with Gasteiger partial charge in [-0.2, -0.15) is 0 Å². The molecule has 0 bridgehead atoms. The molecule has 3 N–H and O–H groups in total. The Kier molecular flexibility index (Phi) is 8.97. The van der Waals surface area contributed by atoms with Crippen molar-refractivity contribution in [3.05, 3.63) is 42.0 Å². The van der Waals surface area contributed by atoms with Crippen molar-refractivity contribution in [1.29, 1.82) is 0 Å². The van der Waals surface area contributed by atoms with Crippen molar-refractivity contribution >= 4 is 34.8 Å². The molecule has 242 valence electrons. The van der Waals surface area contributed by atoms with Crippen molar-refractivity contribution in [2.75, 3.05) is 68.0 Å². The maximum atomic E-state index is 13.3. The number of pyridine rings is 1. The van der Waals surface area contributed by atoms with E-state index in [9.17, 15) is 9.59 Å². The van der Waals surface area contributed by atoms with E-state index in [1.54, 1.807) is 4.90 Å². The number of anilines is 4. The quantitative estimate of drug-likeness (QED) is 0.413. The normalized spacial score (nSPS) is 26.9. The molecular formula is C35H50N8O2. The SMILES string of the molecule is C[C@@H]1C(=O)N(C)c2ccc(Nc3cccc(C(=O)NC4CCC(N5CCN(CC6CC6)CC5)CC4)c3)nc2N1C1CCNCC1. The molecule has 5 aliphatic rings. The molecule has 2 aliphatic carbocycles. The number of nitrogens with zero attached hydrogens (tertiary/aromatic N) is 5. The third-order valence-electron chi connectivity index (χ3n) is 10.8. The van der Waals surface area contributed by atoms with Crippen LogP contribution in [0.4, 0.5) is 23.0 Å². The summed E-state index contributed by atoms with van der Waals surface area (Å²) < 4.78 is 0. The average Bonchev–Trinajstić information content (AvgIpc) is 3.89. The Labute approximate surface area is 267 Å². The van der Waals surface area contributed by atoms with E-state index in [0.717, 1.165) is 74.7 Å². The maximum absolute atomic E-state index is 13.3. The Morgan fingerprint density at radius 3 is 2.42 bits per heavy atom. The smallest absolute Gasteiger partial charge is 0.251 e. The van der Waals surface area contributed by atoms with Crippen LogP contribution >= 0.6 is 0 Å². The summed E-state index contributed by atoms with van der Waals surface area (Å²) in [6.45, 7) is 9.99. The van der Waals surface area contributed by atoms with E-state index in [0.29, 0.717) is 17.4 Å². The first kappa shape index (κ1) is 30.4. The van der Waals surface area contributed by atoms with Crippen LogP contribution in [0.15, 0.2) is 36.4 Å². The van der Waals surface area contributed by atoms with Gasteiger partial charge in [0.2, 0.25) is 5.91 Å². The minimum Gasteiger partial charge on any atom is -0.349 e. The largest absolute Gasteiger partial charge is 0.349 e. The lowest BCUT2D eigenvalue weighted by atomic mass is 9.89. The fourth-order valence-electron chi connectivity index (χ4n) is 7.95. The van der Waals surface area contributed by atoms with Gasteiger partial charge in [-0.15, -0.1) is 0 Å². The number of aromatic nitrogens is 1. The van der Waals surface area contributed by atoms with Crippen LogP contribution in [0, 0.1) is 5.92 Å². The number of piperazine rings is 1. The highest BCUT2D eigenvalue weighted by molar-refractivity contribution is 6.04. The Bertz CT molecular complexity index is 1360. The van der Waals surface area contributed by atoms with Crippen molar-refractivity contribution < 1.29 is 9.59 Å². The van der Waals surface area contributed by atoms with Crippen LogP contribution in [0.1, 0.15) is 68.6 Å². The zero-order valence-electron chi connectivity index (χ0n) is 27.0. The van der Waals surface area contributed by atoms with Gasteiger partial charge in [0, 0.05) is 69.1 Å². The van der Waals surface area contributed by atoms with Gasteiger partial charge in [0.05, 0.1) is 5.69 Å². The third-order valence-corrected chi connectivity index (χ3v) is 10.8. The standard InChI is InChI=1S/C35H50N8O2/c1-24-35(45)40(2)31-12-13-32(39-33(31)43(24)30-14-16-36-17-15-30)37-28-5-3-4-26(22-28)34(44)38-27-8-10-29(11-9-27)42-20-18-41(19-21-42)23-25-6-7-25/h3-5,12-13,22,24-25,27,29-30,36H,6-11,14-21,23H2,1-2H3,(H,37,39)(H,38,44)/t24-,27?,29?/m1/s1. The topological polar surface area (TPSA) is 96.1 Å². The van der Waals surface area contributed by atoms with Gasteiger partial charge < -0.3 is 30.7 Å². The zero-order valence-corrected chi connectivity index (χ0v) is 27.0. The number of amides is 2. The number of carbonyl (C=O) groups excluding carboxylic acids is 2. The van der Waals surface area contributed by atoms with Gasteiger partial charge in [0.1, 0.15) is 11.9 Å². The van der Waals surface area contributed by atoms with Gasteiger partial charge in [-0.1, -0.05) is 6.07 Å². The van der Waals surface area contributed by atoms with Gasteiger partial charge in [-0.3, -0.25) is 14.5 Å². The summed E-state index contributed by atoms with van der Waals surface area (Å²) in [7, 11) is 1.83. The summed E-state index contributed by atoms with van der Waals surface area (Å²) in [5.41, 5.74) is 2.31. The van der Waals surface area contributed by atoms with Crippen LogP contribution in [0.3, 0.4) is 0 Å². The molecule has 4 heterocycles. The van der Waals surface area contributed by atoms with Crippen molar-refractivity contribution in [3.63, 3.8) is 0 Å². The molecule has 2 amide bonds. The van der Waals surface area contributed by atoms with Gasteiger partial charge in [-0.05, 0) is 108 Å². The molecule has 10 heteroatoms. The summed E-state index contributed by atoms with van der Waals surface area (Å²) in [6, 6.07) is 12.5. The highest BCUT2D eigenvalue weighted by atomic mass is 16.2. The molecule has 0 radical (unpaired) electrons. The molecule has 10 nitrogen and oxygen atoms in total. The second kappa shape index (κ2) is 13.3. The molecule has 0 spiro atoms. The first-order chi connectivity index (χ1) is 21.9. The lowest BCUT2D eigenvalue weighted by Crippen LogP contribution is -2.56. The van der Waals surface area contributed by atoms with Gasteiger partial charge in [0.25, 0.3) is 5.91 Å². The summed E-state index contributed by atoms with van der Waals surface area (Å²) in [5, 5.41) is 10.2. The van der Waals surface area contributed by atoms with Crippen LogP contribution in [0.2, 0.25) is 0 Å². The van der Waals surface area contributed by atoms with E-state index < -0.39 is 0 Å². The first-order valence-electron chi connectivity index (χ1n) is 17.3. The molecule has 2 saturated heterocycles. The summed E-state index contributed by atoms with van der Waals surface area (Å²) >= 11 is 0. The number of likely N-dealkylation sites (N-methyl/N-ethyl adjacent to an activating group) is 1. The Hall–Kier alpha value is -3.21. The van der Waals surface area contributed by atoms with E-state index in [1.807, 2.05) is 50.4 Å². The Balaban J connectivity index is 0.955. The fourth-order valence-corrected chi connectivity index (χ4v) is 7.95. The molecule has 1 aromatic carbocycles. The number of benzene rings is 1. The van der Waals surface area contributed by atoms with Crippen molar-refractivity contribution in [1.82, 2.24) is 25.4 Å². The Morgan fingerprint density at radius 1 is 0.933 bits per heavy atom. The summed E-state index contributed by atoms with van der Waals surface area (Å²) in [4.78, 5) is 40.7. The van der Waals surface area contributed by atoms with Gasteiger partial charge in [-0.25, -0.2) is 4.98 Å². The fraction of sp³-hybridized carbons (Fsp3) is 0.629. The van der Waals surface area contributed by atoms with E-state index in [-0.39, 0.29) is 29.9 Å². The molecule has 45 heavy (non-hydrogen) atoms. The summed E-state index contributed by atoms with van der Waals surface area (Å²) in [6.07, 6.45) is 9.23. The minimum absolute atomic E-state index is 0.0137. The number of nitrogens with one attached hydrogen (secondary N) is 3. The minimum atomic E-state index is -0.266. The molecule has 1 aromatic heterocycles. The van der Waals surface area contributed by atoms with Gasteiger partial charge >= 0.3 is 0 Å². The number of hydrogen-bond acceptors (Lipinski definition) is 8. The van der Waals surface area contributed by atoms with E-state index >= 15 is 0 Å². The second-order valence-corrected chi connectivity index (χ2v) is 14.0. The molecule has 4 fully saturated rings. The van der Waals surface area contributed by atoms with Crippen LogP contribution in [-0.4, -0.2) is 104 Å². The number of fused-ring (bicyclic) bond motifs is 1. The Morgan fingerprint density at radius 2 is 1.69 bits per heavy atom. The highest BCUT2D eigenvalue weighted by Gasteiger charge is 2.39. The van der Waals surface area contributed by atoms with Crippen molar-refractivity contribution in [2.24, 2.45) is 5.92 Å². The zero-order chi connectivity index (χ0) is 30.9. The number of carbonyl (C=O) groups is 2. The summed E-state index contributed by atoms with van der Waals surface area (Å²) in [5.74, 6) is 2.60. The average molecular weight is 615 g/mol. The predicted octanol–water partition coefficient (Wildman–Crippen LogP) is 3.82. The van der Waals surface area contributed by atoms with Crippen LogP contribution in [0.5, 0.6) is 0 Å². The van der Waals surface area contributed by atoms with Gasteiger partial charge in [0.15, 0.2) is 5.82 Å². The molecule has 2 saturated carbocycles. The predicted molar refractivity (Wildman–Crippen MR) is 179 cm³/mol. The monoisotopic (exact) mass is 614 g/mol. The third kappa shape index (κ3) is 6.83. The van der Waals surface area contributed by atoms with E-state index in [1.165, 1.54) is 45.6 Å². The van der Waals surface area contributed by atoms with Crippen molar-refractivity contribution in [2.45, 2.75) is 82.5 Å². The first-order valence-corrected chi connectivity index (χ1v) is 17.3. The molecular weight excluding hydrogens is 564 g/mol. The molecule has 3 aliphatic heterocycles.